The zero-order valence-corrected chi connectivity index (χ0v) is 11.9. The Morgan fingerprint density at radius 1 is 1.42 bits per heavy atom. The van der Waals surface area contributed by atoms with Gasteiger partial charge in [-0.3, -0.25) is 9.59 Å². The summed E-state index contributed by atoms with van der Waals surface area (Å²) in [6, 6.07) is -0.105. The Labute approximate surface area is 114 Å². The van der Waals surface area contributed by atoms with Crippen molar-refractivity contribution in [2.75, 3.05) is 13.1 Å². The van der Waals surface area contributed by atoms with E-state index >= 15 is 0 Å². The molecule has 1 aliphatic carbocycles. The van der Waals surface area contributed by atoms with Gasteiger partial charge in [-0.05, 0) is 39.2 Å². The minimum absolute atomic E-state index is 0.0257. The number of rotatable bonds is 6. The predicted molar refractivity (Wildman–Crippen MR) is 73.6 cm³/mol. The Hall–Kier alpha value is -1.10. The Bertz CT molecular complexity index is 347. The van der Waals surface area contributed by atoms with Crippen LogP contribution in [0, 0.1) is 5.41 Å². The molecule has 2 unspecified atom stereocenters. The van der Waals surface area contributed by atoms with Crippen molar-refractivity contribution in [3.8, 4) is 0 Å². The van der Waals surface area contributed by atoms with E-state index in [9.17, 15) is 9.59 Å². The van der Waals surface area contributed by atoms with Gasteiger partial charge in [0.15, 0.2) is 0 Å². The lowest BCUT2D eigenvalue weighted by molar-refractivity contribution is -0.134. The van der Waals surface area contributed by atoms with Crippen molar-refractivity contribution in [1.29, 1.82) is 0 Å². The monoisotopic (exact) mass is 267 g/mol. The average molecular weight is 267 g/mol. The van der Waals surface area contributed by atoms with Gasteiger partial charge in [0.25, 0.3) is 0 Å². The average Bonchev–Trinajstić information content (AvgIpc) is 3.05. The van der Waals surface area contributed by atoms with Crippen LogP contribution in [0.4, 0.5) is 0 Å². The SMILES string of the molecule is CCCC1(C(=O)NC(C)C(=O)NC2CC2)CCNC1. The van der Waals surface area contributed by atoms with Crippen LogP contribution in [0.25, 0.3) is 0 Å². The third-order valence-electron chi connectivity index (χ3n) is 4.12. The molecule has 0 radical (unpaired) electrons. The van der Waals surface area contributed by atoms with Crippen molar-refractivity contribution in [2.45, 2.75) is 58.0 Å². The molecular formula is C14H25N3O2. The van der Waals surface area contributed by atoms with E-state index < -0.39 is 6.04 Å². The molecule has 0 aromatic carbocycles. The second-order valence-corrected chi connectivity index (χ2v) is 5.94. The molecule has 1 aliphatic heterocycles. The number of hydrogen-bond donors (Lipinski definition) is 3. The molecule has 0 bridgehead atoms. The molecule has 2 rings (SSSR count). The van der Waals surface area contributed by atoms with Gasteiger partial charge >= 0.3 is 0 Å². The highest BCUT2D eigenvalue weighted by atomic mass is 16.2. The molecular weight excluding hydrogens is 242 g/mol. The minimum Gasteiger partial charge on any atom is -0.352 e. The third-order valence-corrected chi connectivity index (χ3v) is 4.12. The van der Waals surface area contributed by atoms with Gasteiger partial charge in [0.2, 0.25) is 11.8 Å². The van der Waals surface area contributed by atoms with E-state index in [0.717, 1.165) is 45.2 Å². The fourth-order valence-corrected chi connectivity index (χ4v) is 2.71. The predicted octanol–water partition coefficient (Wildman–Crippen LogP) is 0.550. The van der Waals surface area contributed by atoms with Crippen LogP contribution >= 0.6 is 0 Å². The van der Waals surface area contributed by atoms with E-state index in [4.69, 9.17) is 0 Å². The minimum atomic E-state index is -0.442. The largest absolute Gasteiger partial charge is 0.352 e. The molecule has 5 heteroatoms. The van der Waals surface area contributed by atoms with Gasteiger partial charge in [-0.15, -0.1) is 0 Å². The van der Waals surface area contributed by atoms with Gasteiger partial charge in [-0.2, -0.15) is 0 Å². The van der Waals surface area contributed by atoms with Crippen molar-refractivity contribution in [3.05, 3.63) is 0 Å². The van der Waals surface area contributed by atoms with Gasteiger partial charge in [-0.1, -0.05) is 13.3 Å². The van der Waals surface area contributed by atoms with Crippen molar-refractivity contribution in [3.63, 3.8) is 0 Å². The van der Waals surface area contributed by atoms with Gasteiger partial charge in [-0.25, -0.2) is 0 Å². The Balaban J connectivity index is 1.88. The normalized spacial score (nSPS) is 27.9. The van der Waals surface area contributed by atoms with Crippen LogP contribution in [0.1, 0.15) is 46.0 Å². The number of nitrogens with one attached hydrogen (secondary N) is 3. The molecule has 19 heavy (non-hydrogen) atoms. The van der Waals surface area contributed by atoms with Crippen LogP contribution in [-0.4, -0.2) is 37.0 Å². The first-order valence-corrected chi connectivity index (χ1v) is 7.39. The molecule has 3 N–H and O–H groups in total. The highest BCUT2D eigenvalue weighted by Crippen LogP contribution is 2.31. The van der Waals surface area contributed by atoms with Crippen LogP contribution < -0.4 is 16.0 Å². The maximum atomic E-state index is 12.4. The highest BCUT2D eigenvalue weighted by Gasteiger charge is 2.41. The van der Waals surface area contributed by atoms with Crippen LogP contribution in [0.3, 0.4) is 0 Å². The third kappa shape index (κ3) is 3.47. The fraction of sp³-hybridized carbons (Fsp3) is 0.857. The van der Waals surface area contributed by atoms with E-state index in [1.807, 2.05) is 0 Å². The van der Waals surface area contributed by atoms with Gasteiger partial charge in [0.05, 0.1) is 5.41 Å². The van der Waals surface area contributed by atoms with Crippen LogP contribution in [0.5, 0.6) is 0 Å². The van der Waals surface area contributed by atoms with Gasteiger partial charge < -0.3 is 16.0 Å². The molecule has 108 valence electrons. The second kappa shape index (κ2) is 5.90. The highest BCUT2D eigenvalue weighted by molar-refractivity contribution is 5.90. The van der Waals surface area contributed by atoms with Crippen molar-refractivity contribution in [1.82, 2.24) is 16.0 Å². The van der Waals surface area contributed by atoms with E-state index in [1.165, 1.54) is 0 Å². The lowest BCUT2D eigenvalue weighted by atomic mass is 9.81. The van der Waals surface area contributed by atoms with Crippen LogP contribution in [0.2, 0.25) is 0 Å². The van der Waals surface area contributed by atoms with Crippen LogP contribution in [0.15, 0.2) is 0 Å². The summed E-state index contributed by atoms with van der Waals surface area (Å²) >= 11 is 0. The molecule has 2 amide bonds. The summed E-state index contributed by atoms with van der Waals surface area (Å²) in [6.07, 6.45) is 4.86. The van der Waals surface area contributed by atoms with E-state index in [0.29, 0.717) is 6.04 Å². The fourth-order valence-electron chi connectivity index (χ4n) is 2.71. The zero-order chi connectivity index (χ0) is 13.9. The summed E-state index contributed by atoms with van der Waals surface area (Å²) < 4.78 is 0. The summed E-state index contributed by atoms with van der Waals surface area (Å²) in [5, 5.41) is 9.08. The number of carbonyl (C=O) groups is 2. The molecule has 0 aromatic heterocycles. The first kappa shape index (κ1) is 14.3. The lowest BCUT2D eigenvalue weighted by Crippen LogP contribution is -2.51. The Kier molecular flexibility index (Phi) is 4.45. The topological polar surface area (TPSA) is 70.2 Å². The number of amides is 2. The summed E-state index contributed by atoms with van der Waals surface area (Å²) in [6.45, 7) is 5.47. The van der Waals surface area contributed by atoms with Crippen molar-refractivity contribution < 1.29 is 9.59 Å². The van der Waals surface area contributed by atoms with Crippen LogP contribution in [-0.2, 0) is 9.59 Å². The summed E-state index contributed by atoms with van der Waals surface area (Å²) in [4.78, 5) is 24.3. The van der Waals surface area contributed by atoms with Crippen molar-refractivity contribution in [2.24, 2.45) is 5.41 Å². The summed E-state index contributed by atoms with van der Waals surface area (Å²) in [5.41, 5.74) is -0.317. The quantitative estimate of drug-likeness (QED) is 0.658. The van der Waals surface area contributed by atoms with E-state index in [2.05, 4.69) is 22.9 Å². The molecule has 2 aliphatic rings. The second-order valence-electron chi connectivity index (χ2n) is 5.94. The molecule has 1 saturated heterocycles. The summed E-state index contributed by atoms with van der Waals surface area (Å²) in [7, 11) is 0. The number of hydrogen-bond acceptors (Lipinski definition) is 3. The zero-order valence-electron chi connectivity index (χ0n) is 11.9. The molecule has 0 aromatic rings. The first-order valence-electron chi connectivity index (χ1n) is 7.39. The maximum absolute atomic E-state index is 12.4. The standard InChI is InChI=1S/C14H25N3O2/c1-3-6-14(7-8-15-9-14)13(19)16-10(2)12(18)17-11-4-5-11/h10-11,15H,3-9H2,1-2H3,(H,16,19)(H,17,18). The number of carbonyl (C=O) groups excluding carboxylic acids is 2. The Morgan fingerprint density at radius 2 is 2.16 bits per heavy atom. The maximum Gasteiger partial charge on any atom is 0.242 e. The molecule has 1 saturated carbocycles. The smallest absolute Gasteiger partial charge is 0.242 e. The molecule has 5 nitrogen and oxygen atoms in total. The Morgan fingerprint density at radius 3 is 2.68 bits per heavy atom. The molecule has 0 spiro atoms. The molecule has 1 heterocycles. The van der Waals surface area contributed by atoms with Crippen molar-refractivity contribution >= 4 is 11.8 Å². The lowest BCUT2D eigenvalue weighted by Gasteiger charge is -2.28. The van der Waals surface area contributed by atoms with Gasteiger partial charge in [0.1, 0.15) is 6.04 Å². The van der Waals surface area contributed by atoms with E-state index in [1.54, 1.807) is 6.92 Å². The first-order chi connectivity index (χ1) is 9.07. The molecule has 2 fully saturated rings. The van der Waals surface area contributed by atoms with Gasteiger partial charge in [0, 0.05) is 12.6 Å². The summed E-state index contributed by atoms with van der Waals surface area (Å²) in [5.74, 6) is -0.0359. The molecule has 2 atom stereocenters. The van der Waals surface area contributed by atoms with E-state index in [-0.39, 0.29) is 17.2 Å².